The maximum absolute atomic E-state index is 12.6. The summed E-state index contributed by atoms with van der Waals surface area (Å²) in [5.74, 6) is 1.12. The van der Waals surface area contributed by atoms with Crippen molar-refractivity contribution in [1.29, 1.82) is 0 Å². The first-order valence-electron chi connectivity index (χ1n) is 15.0. The van der Waals surface area contributed by atoms with Crippen molar-refractivity contribution < 1.29 is 14.6 Å². The molecular formula is C32H39N5O3. The van der Waals surface area contributed by atoms with E-state index in [1.54, 1.807) is 6.07 Å². The number of carbonyl (C=O) groups is 1. The number of carbonyl (C=O) groups excluding carboxylic acids is 1. The molecule has 1 aromatic carbocycles. The van der Waals surface area contributed by atoms with E-state index >= 15 is 0 Å². The van der Waals surface area contributed by atoms with Gasteiger partial charge in [-0.3, -0.25) is 4.79 Å². The molecule has 3 aromatic rings. The molecule has 5 aliphatic rings. The van der Waals surface area contributed by atoms with Crippen molar-refractivity contribution >= 4 is 16.9 Å². The van der Waals surface area contributed by atoms with Crippen LogP contribution >= 0.6 is 0 Å². The van der Waals surface area contributed by atoms with Gasteiger partial charge in [0.15, 0.2) is 5.65 Å². The molecule has 0 spiro atoms. The van der Waals surface area contributed by atoms with E-state index < -0.39 is 0 Å². The summed E-state index contributed by atoms with van der Waals surface area (Å²) in [6.07, 6.45) is 9.73. The molecule has 5 fully saturated rings. The normalized spacial score (nSPS) is 29.1. The van der Waals surface area contributed by atoms with Gasteiger partial charge in [0.1, 0.15) is 5.75 Å². The number of hydrogen-bond donors (Lipinski definition) is 2. The molecule has 40 heavy (non-hydrogen) atoms. The van der Waals surface area contributed by atoms with Gasteiger partial charge in [-0.15, -0.1) is 10.2 Å². The predicted molar refractivity (Wildman–Crippen MR) is 154 cm³/mol. The van der Waals surface area contributed by atoms with E-state index in [-0.39, 0.29) is 29.5 Å². The van der Waals surface area contributed by atoms with Gasteiger partial charge < -0.3 is 24.6 Å². The Balaban J connectivity index is 1.28. The zero-order valence-electron chi connectivity index (χ0n) is 23.1. The summed E-state index contributed by atoms with van der Waals surface area (Å²) in [7, 11) is 0. The summed E-state index contributed by atoms with van der Waals surface area (Å²) in [6.45, 7) is 8.13. The van der Waals surface area contributed by atoms with Crippen LogP contribution in [0.4, 0.5) is 0 Å². The Morgan fingerprint density at radius 1 is 1.07 bits per heavy atom. The number of H-pyrrole nitrogens is 1. The van der Waals surface area contributed by atoms with E-state index in [0.29, 0.717) is 43.0 Å². The smallest absolute Gasteiger partial charge is 0.246 e. The highest BCUT2D eigenvalue weighted by atomic mass is 16.5. The number of amides is 1. The van der Waals surface area contributed by atoms with Crippen molar-refractivity contribution in [2.24, 2.45) is 5.92 Å². The summed E-state index contributed by atoms with van der Waals surface area (Å²) >= 11 is 0. The van der Waals surface area contributed by atoms with Crippen LogP contribution in [0.15, 0.2) is 43.0 Å². The molecule has 4 aliphatic heterocycles. The number of para-hydroxylation sites is 1. The fraction of sp³-hybridized carbons (Fsp3) is 0.531. The molecule has 2 aromatic heterocycles. The van der Waals surface area contributed by atoms with Crippen LogP contribution in [0, 0.1) is 5.92 Å². The maximum atomic E-state index is 12.6. The third-order valence-electron chi connectivity index (χ3n) is 10.0. The van der Waals surface area contributed by atoms with Crippen LogP contribution in [0.3, 0.4) is 0 Å². The highest BCUT2D eigenvalue weighted by Crippen LogP contribution is 2.47. The average molecular weight is 542 g/mol. The third-order valence-corrected chi connectivity index (χ3v) is 10.0. The number of benzene rings is 1. The van der Waals surface area contributed by atoms with Crippen LogP contribution < -0.4 is 0 Å². The number of likely N-dealkylation sites (tertiary alicyclic amines) is 1. The molecule has 3 atom stereocenters. The Morgan fingerprint density at radius 3 is 2.65 bits per heavy atom. The van der Waals surface area contributed by atoms with Gasteiger partial charge in [-0.2, -0.15) is 0 Å². The second-order valence-electron chi connectivity index (χ2n) is 12.2. The molecule has 210 valence electrons. The monoisotopic (exact) mass is 541 g/mol. The molecule has 8 nitrogen and oxygen atoms in total. The van der Waals surface area contributed by atoms with Gasteiger partial charge in [0, 0.05) is 41.1 Å². The first-order chi connectivity index (χ1) is 19.6. The summed E-state index contributed by atoms with van der Waals surface area (Å²) in [5, 5.41) is 20.9. The van der Waals surface area contributed by atoms with E-state index in [1.807, 2.05) is 23.1 Å². The number of fused-ring (bicyclic) bond motifs is 5. The van der Waals surface area contributed by atoms with Crippen molar-refractivity contribution in [3.05, 3.63) is 54.2 Å². The zero-order chi connectivity index (χ0) is 27.2. The van der Waals surface area contributed by atoms with Gasteiger partial charge in [0.2, 0.25) is 5.91 Å². The molecule has 1 saturated carbocycles. The maximum Gasteiger partial charge on any atom is 0.246 e. The molecule has 8 heteroatoms. The molecule has 4 saturated heterocycles. The summed E-state index contributed by atoms with van der Waals surface area (Å²) in [6, 6.07) is 10.2. The lowest BCUT2D eigenvalue weighted by Crippen LogP contribution is -2.48. The Kier molecular flexibility index (Phi) is 6.84. The zero-order valence-corrected chi connectivity index (χ0v) is 23.1. The Bertz CT molecular complexity index is 1400. The number of aromatic hydroxyl groups is 1. The molecule has 2 bridgehead atoms. The molecule has 2 N–H and O–H groups in total. The second-order valence-corrected chi connectivity index (χ2v) is 12.2. The number of ether oxygens (including phenoxy) is 1. The quantitative estimate of drug-likeness (QED) is 0.443. The number of rotatable bonds is 5. The average Bonchev–Trinajstić information content (AvgIpc) is 3.55. The molecular weight excluding hydrogens is 502 g/mol. The van der Waals surface area contributed by atoms with E-state index in [0.717, 1.165) is 30.3 Å². The van der Waals surface area contributed by atoms with Gasteiger partial charge in [0.05, 0.1) is 24.9 Å². The first kappa shape index (κ1) is 25.7. The summed E-state index contributed by atoms with van der Waals surface area (Å²) in [5.41, 5.74) is 4.83. The van der Waals surface area contributed by atoms with Crippen molar-refractivity contribution in [3.8, 4) is 17.0 Å². The lowest BCUT2D eigenvalue weighted by atomic mass is 9.74. The van der Waals surface area contributed by atoms with Gasteiger partial charge in [-0.1, -0.05) is 18.7 Å². The predicted octanol–water partition coefficient (Wildman–Crippen LogP) is 4.97. The number of aromatic amines is 1. The number of nitrogens with zero attached hydrogens (tertiary/aromatic N) is 4. The fourth-order valence-corrected chi connectivity index (χ4v) is 7.98. The minimum atomic E-state index is -0.00534. The number of aromatic nitrogens is 3. The number of hydrogen-bond acceptors (Lipinski definition) is 6. The van der Waals surface area contributed by atoms with E-state index in [9.17, 15) is 9.90 Å². The van der Waals surface area contributed by atoms with Gasteiger partial charge in [0.25, 0.3) is 0 Å². The standard InChI is InChI=1S/C32H39N5O3/c1-2-29(39)37-17-21-18-40-19-23(37)15-25(21)31-30(20-9-11-22(12-10-20)36-13-5-6-14-36)26-16-27(34-35-32(26)33-31)24-7-3-4-8-28(24)38/h2-4,7-8,16,20-23,25,38H,1,5-6,9-15,17-19H2,(H,33,35)/t20?,21-,22?,23?,25?/m0/s1. The molecule has 1 amide bonds. The summed E-state index contributed by atoms with van der Waals surface area (Å²) in [4.78, 5) is 21.1. The molecule has 6 heterocycles. The Hall–Kier alpha value is -3.23. The van der Waals surface area contributed by atoms with E-state index in [4.69, 9.17) is 4.74 Å². The largest absolute Gasteiger partial charge is 0.507 e. The van der Waals surface area contributed by atoms with Crippen LogP contribution in [0.1, 0.15) is 68.0 Å². The minimum Gasteiger partial charge on any atom is -0.507 e. The van der Waals surface area contributed by atoms with Gasteiger partial charge in [-0.05, 0) is 93.8 Å². The lowest BCUT2D eigenvalue weighted by Gasteiger charge is -2.41. The number of nitrogens with one attached hydrogen (secondary N) is 1. The van der Waals surface area contributed by atoms with Crippen molar-refractivity contribution in [2.45, 2.75) is 68.9 Å². The second kappa shape index (κ2) is 10.6. The van der Waals surface area contributed by atoms with E-state index in [1.165, 1.54) is 56.1 Å². The van der Waals surface area contributed by atoms with Gasteiger partial charge >= 0.3 is 0 Å². The highest BCUT2D eigenvalue weighted by Gasteiger charge is 2.43. The number of phenols is 1. The molecule has 0 radical (unpaired) electrons. The van der Waals surface area contributed by atoms with Gasteiger partial charge in [-0.25, -0.2) is 0 Å². The number of phenolic OH excluding ortho intramolecular Hbond substituents is 1. The Labute approximate surface area is 235 Å². The first-order valence-corrected chi connectivity index (χ1v) is 15.0. The van der Waals surface area contributed by atoms with Crippen LogP contribution in [0.5, 0.6) is 5.75 Å². The van der Waals surface area contributed by atoms with Crippen molar-refractivity contribution in [2.75, 3.05) is 32.8 Å². The minimum absolute atomic E-state index is 0.00534. The lowest BCUT2D eigenvalue weighted by molar-refractivity contribution is -0.130. The molecule has 1 aliphatic carbocycles. The topological polar surface area (TPSA) is 94.6 Å². The molecule has 8 rings (SSSR count). The molecule has 2 unspecified atom stereocenters. The highest BCUT2D eigenvalue weighted by molar-refractivity contribution is 5.88. The third kappa shape index (κ3) is 4.51. The van der Waals surface area contributed by atoms with Crippen molar-refractivity contribution in [3.63, 3.8) is 0 Å². The summed E-state index contributed by atoms with van der Waals surface area (Å²) < 4.78 is 6.08. The van der Waals surface area contributed by atoms with Crippen LogP contribution in [0.2, 0.25) is 0 Å². The van der Waals surface area contributed by atoms with E-state index in [2.05, 4.69) is 32.7 Å². The van der Waals surface area contributed by atoms with Crippen molar-refractivity contribution in [1.82, 2.24) is 25.0 Å². The van der Waals surface area contributed by atoms with Crippen LogP contribution in [-0.4, -0.2) is 80.9 Å². The van der Waals surface area contributed by atoms with Crippen LogP contribution in [-0.2, 0) is 9.53 Å². The fourth-order valence-electron chi connectivity index (χ4n) is 7.98. The SMILES string of the molecule is C=CC(=O)N1C[C@H]2COCC1CC2c1[nH]c2nnc(-c3ccccc3O)cc2c1C1CCC(N2CCCC2)CC1. The number of piperidine rings is 1. The Morgan fingerprint density at radius 2 is 1.88 bits per heavy atom. The van der Waals surface area contributed by atoms with Crippen LogP contribution in [0.25, 0.3) is 22.3 Å².